The summed E-state index contributed by atoms with van der Waals surface area (Å²) in [6, 6.07) is 11.1. The van der Waals surface area contributed by atoms with Crippen LogP contribution in [0.4, 0.5) is 35.3 Å². The Kier molecular flexibility index (Phi) is 17.9. The minimum absolute atomic E-state index is 0.00811. The standard InChI is InChI=1S/C44H52F3N11O18P2/c45-25-5-1-23(2-6-25)17-31(59)53-26-7-3-24(4-8-26)18-70-43(64)54-27(9-13-56-15-11-44(46,47)12-16-56)41(62)75-35-28(73-40(33(35)60)58-22-52-32-37(49)50-21-51-38(32)58)20-72-78(68,69)76-36-29(19-71-77(65,66)67)74-39(34(36)61)57-14-10-30(48)55-42(57)63/h1-8,10,14,21-22,27-29,33-36,39-40,60-61H,9,11-13,15-20H2,(H,53,59)(H,54,64)(H,68,69)(H2,48,55,63)(H2,49,50,51)(H2,65,66,67)/t27-,28+,29+,33+,34+,35+,36+,39+,40+/m0/s1. The van der Waals surface area contributed by atoms with Crippen molar-refractivity contribution in [3.05, 3.63) is 101 Å². The number of nitrogen functional groups attached to an aromatic ring is 2. The smallest absolute Gasteiger partial charge is 0.455 e. The van der Waals surface area contributed by atoms with E-state index in [1.807, 2.05) is 0 Å². The fraction of sp³-hybridized carbons (Fsp3) is 0.455. The van der Waals surface area contributed by atoms with E-state index < -0.39 is 126 Å². The molecule has 34 heteroatoms. The minimum atomic E-state index is -5.54. The summed E-state index contributed by atoms with van der Waals surface area (Å²) in [5.74, 6) is -5.28. The van der Waals surface area contributed by atoms with Crippen LogP contribution in [0.3, 0.4) is 0 Å². The van der Waals surface area contributed by atoms with Gasteiger partial charge in [0.2, 0.25) is 5.91 Å². The van der Waals surface area contributed by atoms with Gasteiger partial charge in [-0.15, -0.1) is 0 Å². The summed E-state index contributed by atoms with van der Waals surface area (Å²) in [4.78, 5) is 100. The molecule has 3 aliphatic rings. The highest BCUT2D eigenvalue weighted by molar-refractivity contribution is 7.47. The van der Waals surface area contributed by atoms with Crippen molar-refractivity contribution < 1.29 is 94.1 Å². The van der Waals surface area contributed by atoms with Gasteiger partial charge in [0, 0.05) is 44.4 Å². The monoisotopic (exact) mass is 1140 g/mol. The van der Waals surface area contributed by atoms with Gasteiger partial charge in [0.1, 0.15) is 66.6 Å². The number of halogens is 3. The number of phosphoric ester groups is 2. The number of hydrogen-bond acceptors (Lipinski definition) is 22. The van der Waals surface area contributed by atoms with E-state index in [0.717, 1.165) is 24.9 Å². The van der Waals surface area contributed by atoms with Crippen LogP contribution in [0.1, 0.15) is 42.8 Å². The van der Waals surface area contributed by atoms with Gasteiger partial charge in [-0.3, -0.25) is 27.5 Å². The molecule has 0 aliphatic carbocycles. The lowest BCUT2D eigenvalue weighted by Crippen LogP contribution is -2.48. The first-order chi connectivity index (χ1) is 36.9. The molecule has 1 unspecified atom stereocenters. The van der Waals surface area contributed by atoms with E-state index in [0.29, 0.717) is 21.4 Å². The molecule has 3 aromatic heterocycles. The summed E-state index contributed by atoms with van der Waals surface area (Å²) < 4.78 is 107. The first-order valence-corrected chi connectivity index (χ1v) is 26.6. The average molecular weight is 1140 g/mol. The van der Waals surface area contributed by atoms with Crippen LogP contribution in [0.5, 0.6) is 0 Å². The Morgan fingerprint density at radius 1 is 0.859 bits per heavy atom. The molecule has 422 valence electrons. The number of hydrogen-bond donors (Lipinski definition) is 9. The number of aliphatic hydroxyl groups is 2. The zero-order valence-electron chi connectivity index (χ0n) is 40.6. The maximum absolute atomic E-state index is 14.3. The third-order valence-corrected chi connectivity index (χ3v) is 14.0. The lowest BCUT2D eigenvalue weighted by Gasteiger charge is -2.32. The highest BCUT2D eigenvalue weighted by atomic mass is 31.2. The lowest BCUT2D eigenvalue weighted by atomic mass is 10.1. The predicted octanol–water partition coefficient (Wildman–Crippen LogP) is 1.02. The molecule has 0 bridgehead atoms. The molecule has 78 heavy (non-hydrogen) atoms. The molecule has 10 atom stereocenters. The van der Waals surface area contributed by atoms with Crippen LogP contribution in [0.25, 0.3) is 11.2 Å². The Balaban J connectivity index is 0.979. The van der Waals surface area contributed by atoms with Gasteiger partial charge in [0.25, 0.3) is 5.92 Å². The number of anilines is 3. The van der Waals surface area contributed by atoms with Crippen molar-refractivity contribution in [1.82, 2.24) is 39.3 Å². The number of rotatable bonds is 21. The average Bonchev–Trinajstić information content (AvgIpc) is 4.05. The number of phosphoric acid groups is 2. The number of imidazole rings is 1. The van der Waals surface area contributed by atoms with Gasteiger partial charge in [-0.25, -0.2) is 51.6 Å². The molecular formula is C44H52F3N11O18P2. The lowest BCUT2D eigenvalue weighted by molar-refractivity contribution is -0.159. The van der Waals surface area contributed by atoms with Gasteiger partial charge in [-0.2, -0.15) is 4.98 Å². The number of esters is 1. The SMILES string of the molecule is Nc1ccn([C@@H]2O[C@H](COP(=O)(O)O)[C@@H](OP(=O)(O)OC[C@H]3O[C@@H](n4cnc5c(N)ncnc54)[C@H](O)[C@@H]3OC(=O)[C@H](CCN3CCC(F)(F)CC3)NC(=O)OCc3ccc(NC(=O)Cc4ccc(F)cc4)cc3)[C@H]2O)c(=O)n1. The summed E-state index contributed by atoms with van der Waals surface area (Å²) in [6.45, 7) is -2.67. The van der Waals surface area contributed by atoms with E-state index in [9.17, 15) is 66.4 Å². The summed E-state index contributed by atoms with van der Waals surface area (Å²) >= 11 is 0. The Bertz CT molecular complexity index is 3100. The zero-order chi connectivity index (χ0) is 56.1. The molecule has 0 saturated carbocycles. The maximum atomic E-state index is 14.3. The Morgan fingerprint density at radius 2 is 1.50 bits per heavy atom. The van der Waals surface area contributed by atoms with Gasteiger partial charge >= 0.3 is 33.4 Å². The Hall–Kier alpha value is -6.51. The van der Waals surface area contributed by atoms with E-state index >= 15 is 0 Å². The molecule has 8 rings (SSSR count). The molecule has 3 saturated heterocycles. The number of nitrogens with one attached hydrogen (secondary N) is 2. The number of nitrogens with two attached hydrogens (primary N) is 2. The Labute approximate surface area is 438 Å². The van der Waals surface area contributed by atoms with Gasteiger partial charge < -0.3 is 70.8 Å². The van der Waals surface area contributed by atoms with Crippen molar-refractivity contribution in [3.63, 3.8) is 0 Å². The van der Waals surface area contributed by atoms with E-state index in [1.54, 1.807) is 17.0 Å². The quantitative estimate of drug-likeness (QED) is 0.0366. The van der Waals surface area contributed by atoms with Gasteiger partial charge in [-0.1, -0.05) is 24.3 Å². The van der Waals surface area contributed by atoms with Gasteiger partial charge in [0.15, 0.2) is 30.0 Å². The van der Waals surface area contributed by atoms with Crippen LogP contribution in [0, 0.1) is 5.82 Å². The zero-order valence-corrected chi connectivity index (χ0v) is 42.3. The van der Waals surface area contributed by atoms with E-state index in [2.05, 4.69) is 35.1 Å². The molecule has 2 aromatic carbocycles. The number of aliphatic hydroxyl groups excluding tert-OH is 2. The number of aromatic nitrogens is 6. The van der Waals surface area contributed by atoms with Gasteiger partial charge in [-0.05, 0) is 47.9 Å². The van der Waals surface area contributed by atoms with Crippen LogP contribution in [0.15, 0.2) is 78.2 Å². The number of ether oxygens (including phenoxy) is 4. The number of benzene rings is 2. The van der Waals surface area contributed by atoms with Crippen LogP contribution >= 0.6 is 15.6 Å². The number of carbonyl (C=O) groups excluding carboxylic acids is 3. The first kappa shape index (κ1) is 57.7. The normalized spacial score (nSPS) is 24.6. The second-order valence-corrected chi connectivity index (χ2v) is 20.7. The molecule has 2 amide bonds. The summed E-state index contributed by atoms with van der Waals surface area (Å²) in [5, 5.41) is 28.2. The highest BCUT2D eigenvalue weighted by Gasteiger charge is 2.52. The third-order valence-electron chi connectivity index (χ3n) is 12.5. The third kappa shape index (κ3) is 14.8. The topological polar surface area (TPSA) is 409 Å². The van der Waals surface area contributed by atoms with Crippen LogP contribution in [0.2, 0.25) is 0 Å². The van der Waals surface area contributed by atoms with Crippen molar-refractivity contribution in [2.24, 2.45) is 0 Å². The van der Waals surface area contributed by atoms with Crippen molar-refractivity contribution >= 4 is 62.1 Å². The van der Waals surface area contributed by atoms with Crippen LogP contribution < -0.4 is 27.8 Å². The maximum Gasteiger partial charge on any atom is 0.472 e. The number of likely N-dealkylation sites (tertiary alicyclic amines) is 1. The summed E-state index contributed by atoms with van der Waals surface area (Å²) in [7, 11) is -10.8. The Morgan fingerprint density at radius 3 is 2.18 bits per heavy atom. The molecule has 0 radical (unpaired) electrons. The number of alkyl carbamates (subject to hydrolysis) is 1. The fourth-order valence-corrected chi connectivity index (χ4v) is 9.84. The van der Waals surface area contributed by atoms with E-state index in [-0.39, 0.29) is 67.8 Å². The second kappa shape index (κ2) is 24.2. The van der Waals surface area contributed by atoms with E-state index in [1.165, 1.54) is 41.0 Å². The number of nitrogens with zero attached hydrogens (tertiary/aromatic N) is 7. The molecule has 5 aromatic rings. The minimum Gasteiger partial charge on any atom is -0.455 e. The van der Waals surface area contributed by atoms with Gasteiger partial charge in [0.05, 0.1) is 26.0 Å². The van der Waals surface area contributed by atoms with Crippen molar-refractivity contribution in [2.75, 3.05) is 49.6 Å². The summed E-state index contributed by atoms with van der Waals surface area (Å²) in [5.41, 5.74) is 11.9. The molecule has 29 nitrogen and oxygen atoms in total. The largest absolute Gasteiger partial charge is 0.472 e. The summed E-state index contributed by atoms with van der Waals surface area (Å²) in [6.07, 6.45) is -13.8. The highest BCUT2D eigenvalue weighted by Crippen LogP contribution is 2.50. The molecule has 0 spiro atoms. The number of carbonyl (C=O) groups is 3. The second-order valence-electron chi connectivity index (χ2n) is 18.1. The van der Waals surface area contributed by atoms with Crippen LogP contribution in [-0.2, 0) is 64.3 Å². The van der Waals surface area contributed by atoms with Crippen molar-refractivity contribution in [2.45, 2.75) is 93.3 Å². The number of alkyl halides is 2. The molecule has 3 aliphatic heterocycles. The van der Waals surface area contributed by atoms with Crippen molar-refractivity contribution in [1.29, 1.82) is 0 Å². The van der Waals surface area contributed by atoms with Crippen LogP contribution in [-0.4, -0.2) is 158 Å². The molecule has 3 fully saturated rings. The van der Waals surface area contributed by atoms with Crippen molar-refractivity contribution in [3.8, 4) is 0 Å². The van der Waals surface area contributed by atoms with E-state index in [4.69, 9.17) is 39.5 Å². The number of amides is 2. The molecule has 11 N–H and O–H groups in total. The first-order valence-electron chi connectivity index (χ1n) is 23.6. The fourth-order valence-electron chi connectivity index (χ4n) is 8.53. The number of piperidine rings is 1. The predicted molar refractivity (Wildman–Crippen MR) is 259 cm³/mol. The molecular weight excluding hydrogens is 1090 g/mol. The molecule has 6 heterocycles. The number of fused-ring (bicyclic) bond motifs is 1.